The van der Waals surface area contributed by atoms with Crippen molar-refractivity contribution in [3.05, 3.63) is 28.8 Å². The van der Waals surface area contributed by atoms with Crippen LogP contribution in [0.2, 0.25) is 0 Å². The van der Waals surface area contributed by atoms with E-state index in [-0.39, 0.29) is 12.3 Å². The third kappa shape index (κ3) is 1.63. The molecular formula is C12H15NO2. The van der Waals surface area contributed by atoms with Crippen LogP contribution < -0.4 is 10.5 Å². The Balaban J connectivity index is 2.57. The second-order valence-corrected chi connectivity index (χ2v) is 3.76. The molecule has 2 N–H and O–H groups in total. The lowest BCUT2D eigenvalue weighted by molar-refractivity contribution is 0.0997. The molecule has 1 aromatic rings. The van der Waals surface area contributed by atoms with Crippen molar-refractivity contribution in [3.8, 4) is 5.75 Å². The first-order valence-electron chi connectivity index (χ1n) is 5.20. The summed E-state index contributed by atoms with van der Waals surface area (Å²) in [6, 6.07) is 3.92. The molecule has 3 nitrogen and oxygen atoms in total. The summed E-state index contributed by atoms with van der Waals surface area (Å²) < 4.78 is 5.22. The SMILES string of the molecule is COc1ccc2c(c1C(=O)CN)CCC2. The molecule has 0 unspecified atom stereocenters. The lowest BCUT2D eigenvalue weighted by atomic mass is 9.99. The number of Topliss-reactive ketones (excluding diaryl/α,β-unsaturated/α-hetero) is 1. The first-order valence-corrected chi connectivity index (χ1v) is 5.20. The van der Waals surface area contributed by atoms with E-state index in [0.717, 1.165) is 24.8 Å². The van der Waals surface area contributed by atoms with Gasteiger partial charge >= 0.3 is 0 Å². The van der Waals surface area contributed by atoms with Crippen LogP contribution in [0.4, 0.5) is 0 Å². The van der Waals surface area contributed by atoms with Crippen LogP contribution in [0.25, 0.3) is 0 Å². The van der Waals surface area contributed by atoms with Gasteiger partial charge in [0.2, 0.25) is 0 Å². The summed E-state index contributed by atoms with van der Waals surface area (Å²) in [5.74, 6) is 0.636. The van der Waals surface area contributed by atoms with Crippen molar-refractivity contribution in [1.82, 2.24) is 0 Å². The minimum Gasteiger partial charge on any atom is -0.496 e. The average Bonchev–Trinajstić information content (AvgIpc) is 2.74. The molecule has 0 bridgehead atoms. The van der Waals surface area contributed by atoms with Crippen molar-refractivity contribution in [1.29, 1.82) is 0 Å². The van der Waals surface area contributed by atoms with E-state index in [1.807, 2.05) is 6.07 Å². The fraction of sp³-hybridized carbons (Fsp3) is 0.417. The van der Waals surface area contributed by atoms with Crippen molar-refractivity contribution in [3.63, 3.8) is 0 Å². The molecule has 0 radical (unpaired) electrons. The highest BCUT2D eigenvalue weighted by Crippen LogP contribution is 2.31. The van der Waals surface area contributed by atoms with E-state index >= 15 is 0 Å². The van der Waals surface area contributed by atoms with Crippen LogP contribution in [0.5, 0.6) is 5.75 Å². The molecule has 3 heteroatoms. The van der Waals surface area contributed by atoms with Crippen molar-refractivity contribution in [2.75, 3.05) is 13.7 Å². The number of carbonyl (C=O) groups is 1. The Morgan fingerprint density at radius 1 is 1.47 bits per heavy atom. The minimum absolute atomic E-state index is 0.0226. The summed E-state index contributed by atoms with van der Waals surface area (Å²) >= 11 is 0. The number of nitrogens with two attached hydrogens (primary N) is 1. The summed E-state index contributed by atoms with van der Waals surface area (Å²) in [5, 5.41) is 0. The number of rotatable bonds is 3. The number of hydrogen-bond acceptors (Lipinski definition) is 3. The fourth-order valence-corrected chi connectivity index (χ4v) is 2.22. The Morgan fingerprint density at radius 2 is 2.27 bits per heavy atom. The Bertz CT molecular complexity index is 399. The van der Waals surface area contributed by atoms with E-state index in [4.69, 9.17) is 10.5 Å². The number of ketones is 1. The molecular weight excluding hydrogens is 190 g/mol. The summed E-state index contributed by atoms with van der Waals surface area (Å²) in [7, 11) is 1.59. The first kappa shape index (κ1) is 10.2. The number of ether oxygens (including phenoxy) is 1. The molecule has 15 heavy (non-hydrogen) atoms. The maximum atomic E-state index is 11.7. The van der Waals surface area contributed by atoms with Crippen molar-refractivity contribution in [2.24, 2.45) is 5.73 Å². The highest BCUT2D eigenvalue weighted by molar-refractivity contribution is 6.01. The van der Waals surface area contributed by atoms with Crippen LogP contribution in [-0.2, 0) is 12.8 Å². The van der Waals surface area contributed by atoms with Gasteiger partial charge in [0.05, 0.1) is 19.2 Å². The van der Waals surface area contributed by atoms with Gasteiger partial charge in [-0.2, -0.15) is 0 Å². The predicted molar refractivity (Wildman–Crippen MR) is 58.4 cm³/mol. The Hall–Kier alpha value is -1.35. The second kappa shape index (κ2) is 4.03. The molecule has 0 saturated carbocycles. The van der Waals surface area contributed by atoms with E-state index < -0.39 is 0 Å². The zero-order valence-corrected chi connectivity index (χ0v) is 8.88. The van der Waals surface area contributed by atoms with E-state index in [0.29, 0.717) is 11.3 Å². The monoisotopic (exact) mass is 205 g/mol. The molecule has 1 aliphatic rings. The van der Waals surface area contributed by atoms with Crippen LogP contribution in [0, 0.1) is 0 Å². The molecule has 0 fully saturated rings. The molecule has 0 spiro atoms. The van der Waals surface area contributed by atoms with Gasteiger partial charge in [0.25, 0.3) is 0 Å². The third-order valence-corrected chi connectivity index (χ3v) is 2.93. The molecule has 2 rings (SSSR count). The lowest BCUT2D eigenvalue weighted by Gasteiger charge is -2.11. The number of methoxy groups -OCH3 is 1. The van der Waals surface area contributed by atoms with Crippen molar-refractivity contribution in [2.45, 2.75) is 19.3 Å². The minimum atomic E-state index is -0.0226. The molecule has 1 aromatic carbocycles. The predicted octanol–water partition coefficient (Wildman–Crippen LogP) is 1.33. The maximum absolute atomic E-state index is 11.7. The Kier molecular flexibility index (Phi) is 2.73. The molecule has 80 valence electrons. The molecule has 0 heterocycles. The zero-order chi connectivity index (χ0) is 10.8. The van der Waals surface area contributed by atoms with Crippen LogP contribution in [0.15, 0.2) is 12.1 Å². The largest absolute Gasteiger partial charge is 0.496 e. The highest BCUT2D eigenvalue weighted by Gasteiger charge is 2.22. The van der Waals surface area contributed by atoms with Crippen LogP contribution >= 0.6 is 0 Å². The number of fused-ring (bicyclic) bond motifs is 1. The molecule has 0 amide bonds. The van der Waals surface area contributed by atoms with Gasteiger partial charge in [-0.1, -0.05) is 6.07 Å². The molecule has 0 saturated heterocycles. The van der Waals surface area contributed by atoms with Crippen molar-refractivity contribution >= 4 is 5.78 Å². The smallest absolute Gasteiger partial charge is 0.180 e. The quantitative estimate of drug-likeness (QED) is 0.757. The second-order valence-electron chi connectivity index (χ2n) is 3.76. The van der Waals surface area contributed by atoms with E-state index in [1.54, 1.807) is 7.11 Å². The standard InChI is InChI=1S/C12H15NO2/c1-15-11-6-5-8-3-2-4-9(8)12(11)10(14)7-13/h5-6H,2-4,7,13H2,1H3. The van der Waals surface area contributed by atoms with E-state index in [9.17, 15) is 4.79 Å². The van der Waals surface area contributed by atoms with Gasteiger partial charge in [-0.05, 0) is 36.5 Å². The Morgan fingerprint density at radius 3 is 2.93 bits per heavy atom. The molecule has 0 aromatic heterocycles. The summed E-state index contributed by atoms with van der Waals surface area (Å²) in [6.45, 7) is 0.0484. The first-order chi connectivity index (χ1) is 7.27. The molecule has 0 aliphatic heterocycles. The summed E-state index contributed by atoms with van der Waals surface area (Å²) in [5.41, 5.74) is 8.53. The summed E-state index contributed by atoms with van der Waals surface area (Å²) in [6.07, 6.45) is 3.14. The number of carbonyl (C=O) groups excluding carboxylic acids is 1. The average molecular weight is 205 g/mol. The van der Waals surface area contributed by atoms with E-state index in [1.165, 1.54) is 5.56 Å². The highest BCUT2D eigenvalue weighted by atomic mass is 16.5. The van der Waals surface area contributed by atoms with Gasteiger partial charge in [-0.25, -0.2) is 0 Å². The van der Waals surface area contributed by atoms with Gasteiger partial charge in [0, 0.05) is 0 Å². The van der Waals surface area contributed by atoms with E-state index in [2.05, 4.69) is 6.07 Å². The summed E-state index contributed by atoms with van der Waals surface area (Å²) in [4.78, 5) is 11.7. The number of benzene rings is 1. The van der Waals surface area contributed by atoms with Crippen LogP contribution in [0.3, 0.4) is 0 Å². The molecule has 0 atom stereocenters. The number of hydrogen-bond donors (Lipinski definition) is 1. The van der Waals surface area contributed by atoms with Gasteiger partial charge in [0.15, 0.2) is 5.78 Å². The molecule has 1 aliphatic carbocycles. The van der Waals surface area contributed by atoms with Gasteiger partial charge < -0.3 is 10.5 Å². The third-order valence-electron chi connectivity index (χ3n) is 2.93. The normalized spacial score (nSPS) is 13.7. The zero-order valence-electron chi connectivity index (χ0n) is 8.88. The van der Waals surface area contributed by atoms with Crippen LogP contribution in [-0.4, -0.2) is 19.4 Å². The fourth-order valence-electron chi connectivity index (χ4n) is 2.22. The van der Waals surface area contributed by atoms with Crippen LogP contribution in [0.1, 0.15) is 27.9 Å². The topological polar surface area (TPSA) is 52.3 Å². The van der Waals surface area contributed by atoms with Gasteiger partial charge in [-0.3, -0.25) is 4.79 Å². The Labute approximate surface area is 89.2 Å². The van der Waals surface area contributed by atoms with Gasteiger partial charge in [0.1, 0.15) is 5.75 Å². The van der Waals surface area contributed by atoms with Crippen molar-refractivity contribution < 1.29 is 9.53 Å². The van der Waals surface area contributed by atoms with Gasteiger partial charge in [-0.15, -0.1) is 0 Å². The lowest BCUT2D eigenvalue weighted by Crippen LogP contribution is -2.16. The maximum Gasteiger partial charge on any atom is 0.180 e. The number of aryl methyl sites for hydroxylation is 1.